The highest BCUT2D eigenvalue weighted by atomic mass is 32.2. The second kappa shape index (κ2) is 10.5. The van der Waals surface area contributed by atoms with Crippen molar-refractivity contribution in [3.05, 3.63) is 48.0 Å². The topological polar surface area (TPSA) is 84.5 Å². The summed E-state index contributed by atoms with van der Waals surface area (Å²) in [6, 6.07) is 12.5. The predicted octanol–water partition coefficient (Wildman–Crippen LogP) is 4.66. The van der Waals surface area contributed by atoms with Gasteiger partial charge in [-0.15, -0.1) is 11.8 Å². The molecule has 0 unspecified atom stereocenters. The smallest absolute Gasteiger partial charge is 0.240 e. The van der Waals surface area contributed by atoms with E-state index in [4.69, 9.17) is 4.74 Å². The van der Waals surface area contributed by atoms with Crippen LogP contribution in [-0.4, -0.2) is 33.7 Å². The van der Waals surface area contributed by atoms with Crippen molar-refractivity contribution in [1.82, 2.24) is 4.72 Å². The first-order valence-electron chi connectivity index (χ1n) is 10.2. The molecule has 6 nitrogen and oxygen atoms in total. The van der Waals surface area contributed by atoms with Gasteiger partial charge in [-0.05, 0) is 47.6 Å². The third-order valence-electron chi connectivity index (χ3n) is 4.65. The molecule has 2 N–H and O–H groups in total. The number of sulfonamides is 1. The largest absolute Gasteiger partial charge is 0.492 e. The number of carbonyl (C=O) groups excluding carboxylic acids is 1. The van der Waals surface area contributed by atoms with Crippen molar-refractivity contribution in [2.45, 2.75) is 49.8 Å². The van der Waals surface area contributed by atoms with E-state index in [1.165, 1.54) is 29.5 Å². The first-order chi connectivity index (χ1) is 14.4. The van der Waals surface area contributed by atoms with Gasteiger partial charge in [0.15, 0.2) is 0 Å². The third kappa shape index (κ3) is 7.26. The SMILES string of the molecule is CSc1ccc(S(=O)(=O)NCCOc2ccc(C(C)(C)C)cc2)cc1NC(=O)C(C)C. The van der Waals surface area contributed by atoms with Crippen LogP contribution in [0.2, 0.25) is 0 Å². The minimum absolute atomic E-state index is 0.0630. The third-order valence-corrected chi connectivity index (χ3v) is 6.90. The summed E-state index contributed by atoms with van der Waals surface area (Å²) in [4.78, 5) is 13.0. The molecule has 0 radical (unpaired) electrons. The summed E-state index contributed by atoms with van der Waals surface area (Å²) in [6.45, 7) is 10.3. The summed E-state index contributed by atoms with van der Waals surface area (Å²) in [7, 11) is -3.73. The molecule has 0 fully saturated rings. The number of carbonyl (C=O) groups is 1. The van der Waals surface area contributed by atoms with Crippen LogP contribution in [0.3, 0.4) is 0 Å². The molecule has 0 spiro atoms. The highest BCUT2D eigenvalue weighted by Gasteiger charge is 2.18. The van der Waals surface area contributed by atoms with Crippen molar-refractivity contribution in [3.8, 4) is 5.75 Å². The van der Waals surface area contributed by atoms with E-state index < -0.39 is 10.0 Å². The highest BCUT2D eigenvalue weighted by molar-refractivity contribution is 7.98. The van der Waals surface area contributed by atoms with Crippen molar-refractivity contribution in [2.75, 3.05) is 24.7 Å². The molecule has 8 heteroatoms. The van der Waals surface area contributed by atoms with E-state index in [1.54, 1.807) is 19.9 Å². The first-order valence-corrected chi connectivity index (χ1v) is 12.9. The van der Waals surface area contributed by atoms with Gasteiger partial charge in [0.1, 0.15) is 12.4 Å². The Kier molecular flexibility index (Phi) is 8.57. The van der Waals surface area contributed by atoms with E-state index in [2.05, 4.69) is 30.8 Å². The fraction of sp³-hybridized carbons (Fsp3) is 0.435. The Balaban J connectivity index is 2.00. The predicted molar refractivity (Wildman–Crippen MR) is 128 cm³/mol. The molecule has 0 heterocycles. The van der Waals surface area contributed by atoms with Crippen molar-refractivity contribution < 1.29 is 17.9 Å². The fourth-order valence-corrected chi connectivity index (χ4v) is 4.28. The van der Waals surface area contributed by atoms with Crippen LogP contribution >= 0.6 is 11.8 Å². The van der Waals surface area contributed by atoms with Gasteiger partial charge in [0.25, 0.3) is 0 Å². The van der Waals surface area contributed by atoms with Crippen molar-refractivity contribution in [1.29, 1.82) is 0 Å². The molecule has 0 aromatic heterocycles. The Morgan fingerprint density at radius 2 is 1.74 bits per heavy atom. The van der Waals surface area contributed by atoms with Crippen LogP contribution in [0.5, 0.6) is 5.75 Å². The van der Waals surface area contributed by atoms with Crippen LogP contribution in [0.25, 0.3) is 0 Å². The number of ether oxygens (including phenoxy) is 1. The van der Waals surface area contributed by atoms with E-state index >= 15 is 0 Å². The molecule has 0 aliphatic heterocycles. The molecule has 0 aliphatic rings. The Bertz CT molecular complexity index is 995. The second-order valence-electron chi connectivity index (χ2n) is 8.53. The van der Waals surface area contributed by atoms with Gasteiger partial charge >= 0.3 is 0 Å². The second-order valence-corrected chi connectivity index (χ2v) is 11.1. The molecule has 0 bridgehead atoms. The molecule has 2 rings (SSSR count). The Labute approximate surface area is 190 Å². The van der Waals surface area contributed by atoms with Crippen LogP contribution in [0.1, 0.15) is 40.2 Å². The fourth-order valence-electron chi connectivity index (χ4n) is 2.71. The molecular formula is C23H32N2O4S2. The summed E-state index contributed by atoms with van der Waals surface area (Å²) in [6.07, 6.45) is 1.87. The average Bonchev–Trinajstić information content (AvgIpc) is 2.70. The highest BCUT2D eigenvalue weighted by Crippen LogP contribution is 2.28. The van der Waals surface area contributed by atoms with Crippen LogP contribution in [0, 0.1) is 5.92 Å². The maximum absolute atomic E-state index is 12.7. The molecule has 2 aromatic carbocycles. The summed E-state index contributed by atoms with van der Waals surface area (Å²) in [5.41, 5.74) is 1.76. The van der Waals surface area contributed by atoms with E-state index in [9.17, 15) is 13.2 Å². The van der Waals surface area contributed by atoms with Crippen LogP contribution in [-0.2, 0) is 20.2 Å². The number of hydrogen-bond donors (Lipinski definition) is 2. The van der Waals surface area contributed by atoms with Crippen molar-refractivity contribution >= 4 is 33.4 Å². The van der Waals surface area contributed by atoms with Gasteiger partial charge in [0.2, 0.25) is 15.9 Å². The van der Waals surface area contributed by atoms with E-state index in [0.717, 1.165) is 4.90 Å². The maximum atomic E-state index is 12.7. The van der Waals surface area contributed by atoms with Gasteiger partial charge in [-0.2, -0.15) is 0 Å². The van der Waals surface area contributed by atoms with E-state index in [-0.39, 0.29) is 35.3 Å². The van der Waals surface area contributed by atoms with Crippen LogP contribution < -0.4 is 14.8 Å². The molecule has 170 valence electrons. The minimum atomic E-state index is -3.73. The lowest BCUT2D eigenvalue weighted by atomic mass is 9.87. The zero-order chi connectivity index (χ0) is 23.2. The lowest BCUT2D eigenvalue weighted by Crippen LogP contribution is -2.28. The van der Waals surface area contributed by atoms with E-state index in [1.807, 2.05) is 30.5 Å². The molecule has 2 aromatic rings. The molecular weight excluding hydrogens is 432 g/mol. The number of nitrogens with one attached hydrogen (secondary N) is 2. The molecule has 0 saturated heterocycles. The van der Waals surface area contributed by atoms with Crippen molar-refractivity contribution in [2.24, 2.45) is 5.92 Å². The number of benzene rings is 2. The van der Waals surface area contributed by atoms with Crippen LogP contribution in [0.15, 0.2) is 52.3 Å². The Morgan fingerprint density at radius 1 is 1.10 bits per heavy atom. The Hall–Kier alpha value is -2.03. The molecule has 1 amide bonds. The number of amides is 1. The normalized spacial score (nSPS) is 12.1. The standard InChI is InChI=1S/C23H32N2O4S2/c1-16(2)22(26)25-20-15-19(11-12-21(20)30-6)31(27,28)24-13-14-29-18-9-7-17(8-10-18)23(3,4)5/h7-12,15-16,24H,13-14H2,1-6H3,(H,25,26). The summed E-state index contributed by atoms with van der Waals surface area (Å²) >= 11 is 1.44. The zero-order valence-electron chi connectivity index (χ0n) is 19.0. The van der Waals surface area contributed by atoms with Gasteiger partial charge in [-0.1, -0.05) is 46.8 Å². The monoisotopic (exact) mass is 464 g/mol. The summed E-state index contributed by atoms with van der Waals surface area (Å²) in [5.74, 6) is 0.321. The van der Waals surface area contributed by atoms with Gasteiger partial charge < -0.3 is 10.1 Å². The van der Waals surface area contributed by atoms with Crippen LogP contribution in [0.4, 0.5) is 5.69 Å². The number of anilines is 1. The lowest BCUT2D eigenvalue weighted by Gasteiger charge is -2.19. The van der Waals surface area contributed by atoms with Gasteiger partial charge in [-0.3, -0.25) is 4.79 Å². The quantitative estimate of drug-likeness (QED) is 0.417. The maximum Gasteiger partial charge on any atom is 0.240 e. The molecule has 0 atom stereocenters. The van der Waals surface area contributed by atoms with Gasteiger partial charge in [-0.25, -0.2) is 13.1 Å². The van der Waals surface area contributed by atoms with E-state index in [0.29, 0.717) is 11.4 Å². The molecule has 0 saturated carbocycles. The summed E-state index contributed by atoms with van der Waals surface area (Å²) < 4.78 is 33.6. The lowest BCUT2D eigenvalue weighted by molar-refractivity contribution is -0.118. The van der Waals surface area contributed by atoms with Gasteiger partial charge in [0, 0.05) is 17.4 Å². The summed E-state index contributed by atoms with van der Waals surface area (Å²) in [5, 5.41) is 2.80. The molecule has 31 heavy (non-hydrogen) atoms. The minimum Gasteiger partial charge on any atom is -0.492 e. The molecule has 0 aliphatic carbocycles. The first kappa shape index (κ1) is 25.2. The van der Waals surface area contributed by atoms with Crippen molar-refractivity contribution in [3.63, 3.8) is 0 Å². The zero-order valence-corrected chi connectivity index (χ0v) is 20.6. The average molecular weight is 465 g/mol. The Morgan fingerprint density at radius 3 is 2.29 bits per heavy atom. The number of rotatable bonds is 9. The van der Waals surface area contributed by atoms with Gasteiger partial charge in [0.05, 0.1) is 10.6 Å². The number of hydrogen-bond acceptors (Lipinski definition) is 5. The number of thioether (sulfide) groups is 1.